The fourth-order valence-corrected chi connectivity index (χ4v) is 2.20. The maximum Gasteiger partial charge on any atom is 0.0359 e. The number of halogens is 1. The molecule has 0 aromatic heterocycles. The van der Waals surface area contributed by atoms with E-state index in [2.05, 4.69) is 23.1 Å². The van der Waals surface area contributed by atoms with E-state index in [0.717, 1.165) is 0 Å². The first-order valence-electron chi connectivity index (χ1n) is 2.48. The van der Waals surface area contributed by atoms with E-state index in [-0.39, 0.29) is 21.0 Å². The van der Waals surface area contributed by atoms with Gasteiger partial charge in [-0.15, -0.1) is 0 Å². The van der Waals surface area contributed by atoms with Crippen molar-refractivity contribution in [3.63, 3.8) is 0 Å². The summed E-state index contributed by atoms with van der Waals surface area (Å²) in [4.78, 5) is 0. The summed E-state index contributed by atoms with van der Waals surface area (Å²) in [5.41, 5.74) is 1.29. The molecule has 1 nitrogen and oxygen atoms in total. The topological polar surface area (TPSA) is 12.4 Å². The lowest BCUT2D eigenvalue weighted by molar-refractivity contribution is 1.43. The van der Waals surface area contributed by atoms with E-state index >= 15 is 0 Å². The van der Waals surface area contributed by atoms with Crippen molar-refractivity contribution in [1.29, 1.82) is 0 Å². The SMILES string of the molecule is CC1=CN=IC(C)=C1. The molecule has 0 radical (unpaired) electrons. The summed E-state index contributed by atoms with van der Waals surface area (Å²) in [5, 5.41) is 0. The lowest BCUT2D eigenvalue weighted by Gasteiger charge is -1.95. The van der Waals surface area contributed by atoms with Crippen LogP contribution in [0.1, 0.15) is 13.8 Å². The van der Waals surface area contributed by atoms with Gasteiger partial charge in [0.2, 0.25) is 0 Å². The molecular formula is C6H8IN. The first kappa shape index (κ1) is 6.13. The lowest BCUT2D eigenvalue weighted by Crippen LogP contribution is -1.70. The van der Waals surface area contributed by atoms with Crippen LogP contribution in [0, 0.1) is 0 Å². The molecule has 0 saturated carbocycles. The molecule has 1 aliphatic rings. The molecule has 0 atom stereocenters. The molecule has 1 heterocycles. The zero-order valence-corrected chi connectivity index (χ0v) is 7.14. The van der Waals surface area contributed by atoms with Crippen molar-refractivity contribution in [3.8, 4) is 0 Å². The van der Waals surface area contributed by atoms with Gasteiger partial charge in [-0.1, -0.05) is 0 Å². The van der Waals surface area contributed by atoms with Gasteiger partial charge < -0.3 is 0 Å². The van der Waals surface area contributed by atoms with Crippen molar-refractivity contribution in [2.75, 3.05) is 0 Å². The first-order valence-corrected chi connectivity index (χ1v) is 4.53. The molecule has 0 aromatic rings. The third kappa shape index (κ3) is 1.51. The molecule has 1 rings (SSSR count). The van der Waals surface area contributed by atoms with Crippen LogP contribution in [0.15, 0.2) is 24.6 Å². The third-order valence-corrected chi connectivity index (χ3v) is 2.49. The molecule has 0 fully saturated rings. The Morgan fingerprint density at radius 3 is 2.62 bits per heavy atom. The number of hydrogen-bond donors (Lipinski definition) is 0. The highest BCUT2D eigenvalue weighted by Crippen LogP contribution is 2.22. The summed E-state index contributed by atoms with van der Waals surface area (Å²) >= 11 is 0.0345. The lowest BCUT2D eigenvalue weighted by atomic mass is 10.3. The van der Waals surface area contributed by atoms with Crippen LogP contribution in [0.4, 0.5) is 0 Å². The van der Waals surface area contributed by atoms with Crippen molar-refractivity contribution >= 4 is 21.0 Å². The predicted octanol–water partition coefficient (Wildman–Crippen LogP) is 2.96. The Kier molecular flexibility index (Phi) is 1.94. The zero-order chi connectivity index (χ0) is 5.98. The smallest absolute Gasteiger partial charge is 0.0359 e. The summed E-state index contributed by atoms with van der Waals surface area (Å²) in [6.07, 6.45) is 4.17. The van der Waals surface area contributed by atoms with Gasteiger partial charge in [-0.3, -0.25) is 0 Å². The van der Waals surface area contributed by atoms with Gasteiger partial charge in [0.25, 0.3) is 0 Å². The Morgan fingerprint density at radius 2 is 2.25 bits per heavy atom. The van der Waals surface area contributed by atoms with Crippen LogP contribution < -0.4 is 0 Å². The molecule has 0 N–H and O–H groups in total. The van der Waals surface area contributed by atoms with Crippen LogP contribution in [0.5, 0.6) is 0 Å². The molecule has 0 saturated heterocycles. The van der Waals surface area contributed by atoms with E-state index in [9.17, 15) is 0 Å². The van der Waals surface area contributed by atoms with Crippen molar-refractivity contribution in [1.82, 2.24) is 0 Å². The van der Waals surface area contributed by atoms with E-state index in [1.54, 1.807) is 0 Å². The minimum atomic E-state index is 0.0345. The highest BCUT2D eigenvalue weighted by atomic mass is 127. The first-order chi connectivity index (χ1) is 3.79. The number of allylic oxidation sites excluding steroid dienone is 3. The van der Waals surface area contributed by atoms with Gasteiger partial charge in [0.05, 0.1) is 0 Å². The standard InChI is InChI=1S/C6H8IN/c1-5-3-6(2)7-8-4-5/h3-4H,1-2H3. The predicted molar refractivity (Wildman–Crippen MR) is 44.0 cm³/mol. The molecular weight excluding hydrogens is 213 g/mol. The van der Waals surface area contributed by atoms with Gasteiger partial charge in [0.1, 0.15) is 0 Å². The quantitative estimate of drug-likeness (QED) is 0.557. The summed E-state index contributed by atoms with van der Waals surface area (Å²) < 4.78 is 5.68. The summed E-state index contributed by atoms with van der Waals surface area (Å²) in [6.45, 7) is 4.23. The second kappa shape index (κ2) is 2.53. The van der Waals surface area contributed by atoms with Crippen molar-refractivity contribution in [2.24, 2.45) is 3.15 Å². The summed E-state index contributed by atoms with van der Waals surface area (Å²) in [7, 11) is 0. The minimum Gasteiger partial charge on any atom is -0.230 e. The largest absolute Gasteiger partial charge is 0.230 e. The van der Waals surface area contributed by atoms with Crippen LogP contribution in [-0.4, -0.2) is 0 Å². The average molecular weight is 221 g/mol. The van der Waals surface area contributed by atoms with Gasteiger partial charge >= 0.3 is 0 Å². The Balaban J connectivity index is 2.89. The normalized spacial score (nSPS) is 18.8. The van der Waals surface area contributed by atoms with E-state index in [1.807, 2.05) is 6.20 Å². The molecule has 8 heavy (non-hydrogen) atoms. The van der Waals surface area contributed by atoms with Gasteiger partial charge in [-0.2, -0.15) is 0 Å². The number of nitrogens with zero attached hydrogens (tertiary/aromatic N) is 1. The minimum absolute atomic E-state index is 0.0345. The number of hydrogen-bond acceptors (Lipinski definition) is 1. The van der Waals surface area contributed by atoms with Gasteiger partial charge in [-0.25, -0.2) is 3.15 Å². The van der Waals surface area contributed by atoms with E-state index in [4.69, 9.17) is 0 Å². The van der Waals surface area contributed by atoms with Gasteiger partial charge in [0, 0.05) is 30.8 Å². The maximum atomic E-state index is 4.22. The van der Waals surface area contributed by atoms with Crippen LogP contribution in [0.3, 0.4) is 0 Å². The van der Waals surface area contributed by atoms with E-state index < -0.39 is 0 Å². The second-order valence-corrected chi connectivity index (χ2v) is 4.53. The molecule has 2 heteroatoms. The Bertz CT molecular complexity index is 174. The van der Waals surface area contributed by atoms with Crippen molar-refractivity contribution in [3.05, 3.63) is 21.4 Å². The van der Waals surface area contributed by atoms with Crippen molar-refractivity contribution < 1.29 is 0 Å². The fraction of sp³-hybridized carbons (Fsp3) is 0.333. The molecule has 1 aliphatic heterocycles. The van der Waals surface area contributed by atoms with Crippen LogP contribution in [-0.2, 0) is 0 Å². The average Bonchev–Trinajstić information content (AvgIpc) is 1.64. The second-order valence-electron chi connectivity index (χ2n) is 1.79. The van der Waals surface area contributed by atoms with Crippen molar-refractivity contribution in [2.45, 2.75) is 13.8 Å². The van der Waals surface area contributed by atoms with Gasteiger partial charge in [0.15, 0.2) is 0 Å². The molecule has 0 spiro atoms. The highest BCUT2D eigenvalue weighted by Gasteiger charge is 1.89. The third-order valence-electron chi connectivity index (χ3n) is 0.861. The number of rotatable bonds is 0. The zero-order valence-electron chi connectivity index (χ0n) is 4.98. The van der Waals surface area contributed by atoms with Crippen LogP contribution in [0.25, 0.3) is 0 Å². The Morgan fingerprint density at radius 1 is 1.50 bits per heavy atom. The highest BCUT2D eigenvalue weighted by molar-refractivity contribution is 14.2. The molecule has 0 amide bonds. The van der Waals surface area contributed by atoms with Crippen LogP contribution in [0.2, 0.25) is 0 Å². The van der Waals surface area contributed by atoms with E-state index in [1.165, 1.54) is 9.15 Å². The molecule has 0 aromatic carbocycles. The monoisotopic (exact) mass is 221 g/mol. The molecule has 0 aliphatic carbocycles. The summed E-state index contributed by atoms with van der Waals surface area (Å²) in [5.74, 6) is 0. The van der Waals surface area contributed by atoms with E-state index in [0.29, 0.717) is 0 Å². The maximum absolute atomic E-state index is 4.22. The Labute approximate surface area is 59.6 Å². The fourth-order valence-electron chi connectivity index (χ4n) is 0.554. The van der Waals surface area contributed by atoms with Gasteiger partial charge in [-0.05, 0) is 25.5 Å². The summed E-state index contributed by atoms with van der Waals surface area (Å²) in [6, 6.07) is 0. The molecule has 44 valence electrons. The molecule has 0 bridgehead atoms. The Hall–Kier alpha value is 0.01000. The molecule has 0 unspecified atom stereocenters. The van der Waals surface area contributed by atoms with Crippen LogP contribution >= 0.6 is 21.0 Å².